The molecule has 0 aromatic heterocycles. The molecule has 3 nitrogen and oxygen atoms in total. The number of nitrogens with one attached hydrogen (secondary N) is 1. The fraction of sp³-hybridized carbons (Fsp3) is 0.769. The van der Waals surface area contributed by atoms with Crippen molar-refractivity contribution in [2.75, 3.05) is 0 Å². The first-order valence-electron chi connectivity index (χ1n) is 5.49. The molecular weight excluding hydrogens is 202 g/mol. The molecule has 0 fully saturated rings. The first kappa shape index (κ1) is 14.8. The highest BCUT2D eigenvalue weighted by Crippen LogP contribution is 2.20. The highest BCUT2D eigenvalue weighted by molar-refractivity contribution is 5.68. The molecule has 0 bridgehead atoms. The van der Waals surface area contributed by atoms with Gasteiger partial charge in [-0.2, -0.15) is 0 Å². The molecule has 0 unspecified atom stereocenters. The lowest BCUT2D eigenvalue weighted by Gasteiger charge is -2.25. The van der Waals surface area contributed by atoms with Crippen LogP contribution in [0.4, 0.5) is 4.79 Å². The zero-order chi connectivity index (χ0) is 13.0. The third-order valence-corrected chi connectivity index (χ3v) is 1.71. The molecule has 0 aromatic carbocycles. The number of ether oxygens (including phenoxy) is 1. The summed E-state index contributed by atoms with van der Waals surface area (Å²) in [4.78, 5) is 11.5. The van der Waals surface area contributed by atoms with Crippen LogP contribution in [-0.2, 0) is 4.74 Å². The molecule has 0 aliphatic heterocycles. The van der Waals surface area contributed by atoms with Crippen molar-refractivity contribution in [2.24, 2.45) is 5.41 Å². The normalized spacial score (nSPS) is 13.8. The maximum atomic E-state index is 11.5. The number of carbonyl (C=O) groups is 1. The van der Waals surface area contributed by atoms with Crippen LogP contribution in [0.15, 0.2) is 0 Å². The third-order valence-electron chi connectivity index (χ3n) is 1.71. The van der Waals surface area contributed by atoms with E-state index in [1.165, 1.54) is 0 Å². The van der Waals surface area contributed by atoms with E-state index in [-0.39, 0.29) is 11.5 Å². The van der Waals surface area contributed by atoms with Gasteiger partial charge in [-0.25, -0.2) is 4.79 Å². The highest BCUT2D eigenvalue weighted by atomic mass is 16.6. The van der Waals surface area contributed by atoms with Crippen molar-refractivity contribution in [3.8, 4) is 12.3 Å². The molecule has 1 amide bonds. The molecule has 16 heavy (non-hydrogen) atoms. The molecular formula is C13H23NO2. The molecule has 92 valence electrons. The number of alkyl carbamates (subject to hydrolysis) is 1. The summed E-state index contributed by atoms with van der Waals surface area (Å²) < 4.78 is 5.14. The Bertz CT molecular complexity index is 276. The van der Waals surface area contributed by atoms with Crippen LogP contribution in [-0.4, -0.2) is 17.7 Å². The van der Waals surface area contributed by atoms with Crippen LogP contribution < -0.4 is 5.32 Å². The molecule has 3 heteroatoms. The molecule has 0 saturated carbocycles. The van der Waals surface area contributed by atoms with Crippen molar-refractivity contribution in [2.45, 2.75) is 59.6 Å². The van der Waals surface area contributed by atoms with Gasteiger partial charge < -0.3 is 10.1 Å². The molecule has 0 aromatic rings. The summed E-state index contributed by atoms with van der Waals surface area (Å²) in [6.45, 7) is 11.7. The number of hydrogen-bond acceptors (Lipinski definition) is 2. The minimum atomic E-state index is -0.495. The standard InChI is InChI=1S/C13H23NO2/c1-8-10(9-12(2,3)4)14-11(15)16-13(5,6)7/h1,10H,9H2,2-7H3,(H,14,15)/t10-/m0/s1. The molecule has 0 rings (SSSR count). The van der Waals surface area contributed by atoms with Crippen LogP contribution in [0.3, 0.4) is 0 Å². The van der Waals surface area contributed by atoms with Gasteiger partial charge in [-0.05, 0) is 32.6 Å². The molecule has 0 aliphatic rings. The van der Waals surface area contributed by atoms with Crippen LogP contribution in [0.25, 0.3) is 0 Å². The first-order valence-corrected chi connectivity index (χ1v) is 5.49. The molecule has 0 radical (unpaired) electrons. The van der Waals surface area contributed by atoms with Gasteiger partial charge in [0.15, 0.2) is 0 Å². The van der Waals surface area contributed by atoms with Gasteiger partial charge in [0.25, 0.3) is 0 Å². The van der Waals surface area contributed by atoms with E-state index in [9.17, 15) is 4.79 Å². The average molecular weight is 225 g/mol. The van der Waals surface area contributed by atoms with Gasteiger partial charge in [0, 0.05) is 0 Å². The summed E-state index contributed by atoms with van der Waals surface area (Å²) in [5.41, 5.74) is -0.420. The van der Waals surface area contributed by atoms with Crippen LogP contribution >= 0.6 is 0 Å². The summed E-state index contributed by atoms with van der Waals surface area (Å²) in [5.74, 6) is 2.56. The topological polar surface area (TPSA) is 38.3 Å². The Morgan fingerprint density at radius 1 is 1.31 bits per heavy atom. The van der Waals surface area contributed by atoms with Crippen molar-refractivity contribution >= 4 is 6.09 Å². The molecule has 0 aliphatic carbocycles. The summed E-state index contributed by atoms with van der Waals surface area (Å²) in [6.07, 6.45) is 5.64. The van der Waals surface area contributed by atoms with Gasteiger partial charge in [0.05, 0.1) is 6.04 Å². The Morgan fingerprint density at radius 3 is 2.12 bits per heavy atom. The van der Waals surface area contributed by atoms with Gasteiger partial charge >= 0.3 is 6.09 Å². The van der Waals surface area contributed by atoms with E-state index in [2.05, 4.69) is 32.0 Å². The van der Waals surface area contributed by atoms with Crippen LogP contribution in [0, 0.1) is 17.8 Å². The fourth-order valence-electron chi connectivity index (χ4n) is 1.21. The summed E-state index contributed by atoms with van der Waals surface area (Å²) in [5, 5.41) is 2.68. The van der Waals surface area contributed by atoms with E-state index in [0.717, 1.165) is 6.42 Å². The van der Waals surface area contributed by atoms with Crippen LogP contribution in [0.5, 0.6) is 0 Å². The van der Waals surface area contributed by atoms with E-state index in [4.69, 9.17) is 11.2 Å². The second kappa shape index (κ2) is 5.25. The predicted octanol–water partition coefficient (Wildman–Crippen LogP) is 2.95. The minimum absolute atomic E-state index is 0.0754. The average Bonchev–Trinajstić information content (AvgIpc) is 1.96. The lowest BCUT2D eigenvalue weighted by atomic mass is 9.88. The zero-order valence-electron chi connectivity index (χ0n) is 11.2. The van der Waals surface area contributed by atoms with E-state index in [0.29, 0.717) is 0 Å². The van der Waals surface area contributed by atoms with Crippen LogP contribution in [0.1, 0.15) is 48.0 Å². The summed E-state index contributed by atoms with van der Waals surface area (Å²) in [6, 6.07) is -0.283. The second-order valence-corrected chi connectivity index (χ2v) is 6.13. The zero-order valence-corrected chi connectivity index (χ0v) is 11.2. The van der Waals surface area contributed by atoms with Gasteiger partial charge in [-0.15, -0.1) is 6.42 Å². The molecule has 0 heterocycles. The maximum absolute atomic E-state index is 11.5. The van der Waals surface area contributed by atoms with E-state index in [1.807, 2.05) is 20.8 Å². The number of terminal acetylenes is 1. The number of carbonyl (C=O) groups excluding carboxylic acids is 1. The number of hydrogen-bond donors (Lipinski definition) is 1. The van der Waals surface area contributed by atoms with Crippen molar-refractivity contribution in [3.63, 3.8) is 0 Å². The van der Waals surface area contributed by atoms with Crippen molar-refractivity contribution in [3.05, 3.63) is 0 Å². The molecule has 1 atom stereocenters. The largest absolute Gasteiger partial charge is 0.444 e. The smallest absolute Gasteiger partial charge is 0.408 e. The number of amides is 1. The third kappa shape index (κ3) is 8.16. The molecule has 0 spiro atoms. The van der Waals surface area contributed by atoms with Crippen molar-refractivity contribution in [1.82, 2.24) is 5.32 Å². The summed E-state index contributed by atoms with van der Waals surface area (Å²) >= 11 is 0. The molecule has 1 N–H and O–H groups in total. The van der Waals surface area contributed by atoms with E-state index < -0.39 is 11.7 Å². The summed E-state index contributed by atoms with van der Waals surface area (Å²) in [7, 11) is 0. The van der Waals surface area contributed by atoms with Crippen molar-refractivity contribution in [1.29, 1.82) is 0 Å². The quantitative estimate of drug-likeness (QED) is 0.734. The number of rotatable bonds is 2. The van der Waals surface area contributed by atoms with Crippen LogP contribution in [0.2, 0.25) is 0 Å². The predicted molar refractivity (Wildman–Crippen MR) is 66.1 cm³/mol. The fourth-order valence-corrected chi connectivity index (χ4v) is 1.21. The Morgan fingerprint density at radius 2 is 1.81 bits per heavy atom. The van der Waals surface area contributed by atoms with E-state index >= 15 is 0 Å². The van der Waals surface area contributed by atoms with Gasteiger partial charge in [0.1, 0.15) is 5.60 Å². The lowest BCUT2D eigenvalue weighted by molar-refractivity contribution is 0.0508. The second-order valence-electron chi connectivity index (χ2n) is 6.13. The monoisotopic (exact) mass is 225 g/mol. The van der Waals surface area contributed by atoms with Crippen molar-refractivity contribution < 1.29 is 9.53 Å². The van der Waals surface area contributed by atoms with Gasteiger partial charge in [-0.3, -0.25) is 0 Å². The minimum Gasteiger partial charge on any atom is -0.444 e. The Balaban J connectivity index is 4.25. The highest BCUT2D eigenvalue weighted by Gasteiger charge is 2.22. The SMILES string of the molecule is C#C[C@@H](CC(C)(C)C)NC(=O)OC(C)(C)C. The maximum Gasteiger partial charge on any atom is 0.408 e. The van der Waals surface area contributed by atoms with E-state index in [1.54, 1.807) is 0 Å². The molecule has 0 saturated heterocycles. The Hall–Kier alpha value is -1.17. The lowest BCUT2D eigenvalue weighted by Crippen LogP contribution is -2.40. The Kier molecular flexibility index (Phi) is 4.86. The van der Waals surface area contributed by atoms with Gasteiger partial charge in [0.2, 0.25) is 0 Å². The van der Waals surface area contributed by atoms with Gasteiger partial charge in [-0.1, -0.05) is 26.7 Å². The Labute approximate surface area is 98.9 Å². The first-order chi connectivity index (χ1) is 7.03.